The SMILES string of the molecule is C[Si](C)(C)[CH-][P+](C)(C)C.C[Si](C)(C)[CH-][P+](C)(C)C.[Au+].[Cl-]. The Hall–Kier alpha value is 2.32. The van der Waals surface area contributed by atoms with Crippen LogP contribution in [0, 0.1) is 11.6 Å². The van der Waals surface area contributed by atoms with Gasteiger partial charge in [0.1, 0.15) is 0 Å². The smallest absolute Gasteiger partial charge is 1.00 e. The van der Waals surface area contributed by atoms with Gasteiger partial charge in [-0.3, -0.25) is 0 Å². The Morgan fingerprint density at radius 2 is 0.700 bits per heavy atom. The van der Waals surface area contributed by atoms with Crippen LogP contribution in [0.25, 0.3) is 0 Å². The van der Waals surface area contributed by atoms with Gasteiger partial charge in [-0.05, 0) is 0 Å². The van der Waals surface area contributed by atoms with Gasteiger partial charge >= 0.3 is 22.4 Å². The van der Waals surface area contributed by atoms with Crippen molar-refractivity contribution in [2.24, 2.45) is 0 Å². The van der Waals surface area contributed by atoms with Crippen LogP contribution < -0.4 is 12.4 Å². The fourth-order valence-corrected chi connectivity index (χ4v) is 20.9. The fourth-order valence-electron chi connectivity index (χ4n) is 2.32. The zero-order valence-electron chi connectivity index (χ0n) is 15.7. The van der Waals surface area contributed by atoms with Crippen molar-refractivity contribution in [1.82, 2.24) is 0 Å². The molecule has 0 aliphatic rings. The molecule has 0 radical (unpaired) electrons. The van der Waals surface area contributed by atoms with Gasteiger partial charge in [-0.15, -0.1) is 14.5 Å². The molecular weight excluding hydrogens is 519 g/mol. The molecule has 130 valence electrons. The standard InChI is InChI=1S/2C7H19PSi.Au.ClH/c2*1-8(2,3)7-9(4,5)6;;/h2*7H,1-6H3;;1H/q;;+1;/p-1. The third kappa shape index (κ3) is 37.0. The second kappa shape index (κ2) is 11.0. The maximum Gasteiger partial charge on any atom is 1.00 e. The van der Waals surface area contributed by atoms with Crippen molar-refractivity contribution in [1.29, 1.82) is 0 Å². The van der Waals surface area contributed by atoms with Crippen molar-refractivity contribution in [2.75, 3.05) is 40.0 Å². The summed E-state index contributed by atoms with van der Waals surface area (Å²) in [6, 6.07) is 0. The van der Waals surface area contributed by atoms with E-state index in [2.05, 4.69) is 90.8 Å². The van der Waals surface area contributed by atoms with E-state index in [1.54, 1.807) is 0 Å². The Kier molecular flexibility index (Phi) is 16.6. The van der Waals surface area contributed by atoms with Crippen molar-refractivity contribution in [3.8, 4) is 0 Å². The molecule has 0 fully saturated rings. The molecule has 0 aromatic carbocycles. The monoisotopic (exact) mass is 556 g/mol. The molecule has 0 spiro atoms. The summed E-state index contributed by atoms with van der Waals surface area (Å²) in [6.45, 7) is 28.7. The van der Waals surface area contributed by atoms with Crippen LogP contribution >= 0.6 is 14.5 Å². The maximum atomic E-state index is 2.62. The average Bonchev–Trinajstić information content (AvgIpc) is 1.64. The van der Waals surface area contributed by atoms with Gasteiger partial charge in [0.15, 0.2) is 0 Å². The number of halogens is 1. The second-order valence-electron chi connectivity index (χ2n) is 9.22. The van der Waals surface area contributed by atoms with Gasteiger partial charge in [0.2, 0.25) is 0 Å². The third-order valence-electron chi connectivity index (χ3n) is 1.55. The first-order valence-corrected chi connectivity index (χ1v) is 20.3. The molecule has 0 saturated heterocycles. The summed E-state index contributed by atoms with van der Waals surface area (Å²) in [7, 11) is -2.94. The minimum Gasteiger partial charge on any atom is -1.00 e. The molecule has 20 heavy (non-hydrogen) atoms. The number of rotatable bonds is 4. The average molecular weight is 557 g/mol. The van der Waals surface area contributed by atoms with Gasteiger partial charge in [0, 0.05) is 40.0 Å². The molecular formula is C14H38AuClP2Si2. The summed E-state index contributed by atoms with van der Waals surface area (Å²) in [5.41, 5.74) is 0. The van der Waals surface area contributed by atoms with Crippen LogP contribution in [0.3, 0.4) is 0 Å². The van der Waals surface area contributed by atoms with Crippen molar-refractivity contribution in [3.05, 3.63) is 11.6 Å². The number of hydrogen-bond donors (Lipinski definition) is 0. The van der Waals surface area contributed by atoms with E-state index in [0.29, 0.717) is 0 Å². The Morgan fingerprint density at radius 1 is 0.550 bits per heavy atom. The second-order valence-corrected chi connectivity index (χ2v) is 29.2. The van der Waals surface area contributed by atoms with Crippen molar-refractivity contribution < 1.29 is 34.8 Å². The zero-order valence-corrected chi connectivity index (χ0v) is 22.4. The molecule has 0 unspecified atom stereocenters. The van der Waals surface area contributed by atoms with Crippen molar-refractivity contribution in [3.63, 3.8) is 0 Å². The number of hydrogen-bond acceptors (Lipinski definition) is 0. The minimum atomic E-state index is -0.868. The van der Waals surface area contributed by atoms with Gasteiger partial charge in [-0.1, -0.05) is 55.4 Å². The summed E-state index contributed by atoms with van der Waals surface area (Å²) in [6.07, 6.45) is 0. The molecule has 0 aromatic heterocycles. The molecule has 0 saturated carbocycles. The van der Waals surface area contributed by atoms with Gasteiger partial charge < -0.3 is 12.4 Å². The molecule has 6 heteroatoms. The summed E-state index contributed by atoms with van der Waals surface area (Å²) in [4.78, 5) is 0. The molecule has 0 atom stereocenters. The van der Waals surface area contributed by atoms with Crippen LogP contribution in [0.1, 0.15) is 0 Å². The van der Waals surface area contributed by atoms with Crippen molar-refractivity contribution in [2.45, 2.75) is 39.3 Å². The van der Waals surface area contributed by atoms with Gasteiger partial charge in [-0.2, -0.15) is 11.6 Å². The molecule has 0 aromatic rings. The normalized spacial score (nSPS) is 12.6. The Balaban J connectivity index is -0.000000116. The van der Waals surface area contributed by atoms with E-state index in [1.807, 2.05) is 0 Å². The van der Waals surface area contributed by atoms with Gasteiger partial charge in [-0.25, -0.2) is 0 Å². The van der Waals surface area contributed by atoms with E-state index in [0.717, 1.165) is 0 Å². The fraction of sp³-hybridized carbons (Fsp3) is 0.857. The molecule has 0 bridgehead atoms. The first-order chi connectivity index (χ1) is 7.41. The molecule has 0 heterocycles. The topological polar surface area (TPSA) is 0 Å². The van der Waals surface area contributed by atoms with E-state index in [-0.39, 0.29) is 34.8 Å². The first-order valence-electron chi connectivity index (χ1n) is 6.78. The predicted octanol–water partition coefficient (Wildman–Crippen LogP) is 2.87. The van der Waals surface area contributed by atoms with E-state index in [1.165, 1.54) is 0 Å². The molecule has 0 N–H and O–H groups in total. The maximum absolute atomic E-state index is 2.62. The Morgan fingerprint density at radius 3 is 0.700 bits per heavy atom. The third-order valence-corrected chi connectivity index (χ3v) is 13.9. The van der Waals surface area contributed by atoms with Crippen LogP contribution in [-0.4, -0.2) is 56.1 Å². The van der Waals surface area contributed by atoms with Crippen LogP contribution in [0.4, 0.5) is 0 Å². The van der Waals surface area contributed by atoms with Crippen molar-refractivity contribution >= 4 is 30.7 Å². The Labute approximate surface area is 155 Å². The summed E-state index contributed by atoms with van der Waals surface area (Å²) in [5.74, 6) is 5.25. The Bertz CT molecular complexity index is 186. The van der Waals surface area contributed by atoms with Crippen LogP contribution in [0.15, 0.2) is 0 Å². The molecule has 0 rings (SSSR count). The largest absolute Gasteiger partial charge is 1.00 e. The molecule has 0 amide bonds. The van der Waals surface area contributed by atoms with E-state index >= 15 is 0 Å². The quantitative estimate of drug-likeness (QED) is 0.284. The first kappa shape index (κ1) is 30.2. The van der Waals surface area contributed by atoms with Crippen LogP contribution in [-0.2, 0) is 22.4 Å². The molecule has 0 aliphatic carbocycles. The predicted molar refractivity (Wildman–Crippen MR) is 105 cm³/mol. The van der Waals surface area contributed by atoms with Gasteiger partial charge in [0.05, 0.1) is 0 Å². The van der Waals surface area contributed by atoms with E-state index in [4.69, 9.17) is 0 Å². The van der Waals surface area contributed by atoms with E-state index < -0.39 is 30.7 Å². The van der Waals surface area contributed by atoms with Crippen LogP contribution in [0.5, 0.6) is 0 Å². The summed E-state index contributed by atoms with van der Waals surface area (Å²) < 4.78 is 0. The molecule has 0 aliphatic heterocycles. The summed E-state index contributed by atoms with van der Waals surface area (Å²) >= 11 is 0. The molecule has 0 nitrogen and oxygen atoms in total. The minimum absolute atomic E-state index is 0. The van der Waals surface area contributed by atoms with Gasteiger partial charge in [0.25, 0.3) is 0 Å². The zero-order chi connectivity index (χ0) is 15.4. The summed E-state index contributed by atoms with van der Waals surface area (Å²) in [5, 5.41) is 0. The van der Waals surface area contributed by atoms with E-state index in [9.17, 15) is 0 Å². The van der Waals surface area contributed by atoms with Crippen LogP contribution in [0.2, 0.25) is 39.3 Å².